The lowest BCUT2D eigenvalue weighted by Crippen LogP contribution is -2.48. The number of aryl methyl sites for hydroxylation is 1. The van der Waals surface area contributed by atoms with Gasteiger partial charge in [-0.15, -0.1) is 24.0 Å². The fraction of sp³-hybridized carbons (Fsp3) is 0.364. The standard InChI is InChI=1S/C22H26ClN7O.HI/c1-15-3-8-19(25-13-15)30-11-9-18(10-12-30)27-22(24-2)26-14-20-28-21(29-31-20)16-4-6-17(23)7-5-16;/h3-8,13,18H,9-12,14H2,1-2H3,(H2,24,26,27);1H. The Labute approximate surface area is 209 Å². The molecule has 1 aromatic carbocycles. The van der Waals surface area contributed by atoms with Crippen LogP contribution in [-0.2, 0) is 6.54 Å². The maximum Gasteiger partial charge on any atom is 0.246 e. The van der Waals surface area contributed by atoms with Gasteiger partial charge in [-0.25, -0.2) is 4.98 Å². The second kappa shape index (κ2) is 11.5. The van der Waals surface area contributed by atoms with Crippen molar-refractivity contribution in [1.29, 1.82) is 0 Å². The second-order valence-corrected chi connectivity index (χ2v) is 7.98. The first kappa shape index (κ1) is 24.2. The molecule has 0 bridgehead atoms. The number of pyridine rings is 1. The van der Waals surface area contributed by atoms with E-state index < -0.39 is 0 Å². The van der Waals surface area contributed by atoms with Crippen molar-refractivity contribution in [3.63, 3.8) is 0 Å². The number of hydrogen-bond acceptors (Lipinski definition) is 6. The predicted octanol–water partition coefficient (Wildman–Crippen LogP) is 4.05. The first-order chi connectivity index (χ1) is 15.1. The summed E-state index contributed by atoms with van der Waals surface area (Å²) in [6.45, 7) is 4.36. The van der Waals surface area contributed by atoms with Gasteiger partial charge in [-0.3, -0.25) is 4.99 Å². The van der Waals surface area contributed by atoms with E-state index in [1.165, 1.54) is 5.56 Å². The van der Waals surface area contributed by atoms with Crippen LogP contribution in [0.5, 0.6) is 0 Å². The number of anilines is 1. The van der Waals surface area contributed by atoms with Crippen molar-refractivity contribution in [2.45, 2.75) is 32.4 Å². The number of guanidine groups is 1. The van der Waals surface area contributed by atoms with Gasteiger partial charge in [0.2, 0.25) is 11.7 Å². The van der Waals surface area contributed by atoms with Gasteiger partial charge in [0, 0.05) is 43.0 Å². The molecule has 8 nitrogen and oxygen atoms in total. The summed E-state index contributed by atoms with van der Waals surface area (Å²) in [4.78, 5) is 15.6. The molecule has 1 aliphatic rings. The van der Waals surface area contributed by atoms with E-state index in [0.29, 0.717) is 29.3 Å². The highest BCUT2D eigenvalue weighted by molar-refractivity contribution is 14.0. The van der Waals surface area contributed by atoms with Gasteiger partial charge >= 0.3 is 0 Å². The zero-order valence-corrected chi connectivity index (χ0v) is 21.2. The van der Waals surface area contributed by atoms with E-state index in [1.807, 2.05) is 18.3 Å². The number of rotatable bonds is 5. The van der Waals surface area contributed by atoms with Crippen LogP contribution >= 0.6 is 35.6 Å². The Morgan fingerprint density at radius 3 is 2.59 bits per heavy atom. The minimum absolute atomic E-state index is 0. The average molecular weight is 568 g/mol. The largest absolute Gasteiger partial charge is 0.356 e. The number of piperidine rings is 1. The lowest BCUT2D eigenvalue weighted by Gasteiger charge is -2.33. The van der Waals surface area contributed by atoms with Gasteiger partial charge in [-0.1, -0.05) is 22.8 Å². The molecule has 10 heteroatoms. The smallest absolute Gasteiger partial charge is 0.246 e. The number of aromatic nitrogens is 3. The molecule has 0 unspecified atom stereocenters. The second-order valence-electron chi connectivity index (χ2n) is 7.54. The summed E-state index contributed by atoms with van der Waals surface area (Å²) in [5.74, 6) is 2.79. The first-order valence-corrected chi connectivity index (χ1v) is 10.7. The zero-order chi connectivity index (χ0) is 21.6. The van der Waals surface area contributed by atoms with Crippen LogP contribution in [0.25, 0.3) is 11.4 Å². The van der Waals surface area contributed by atoms with Crippen LogP contribution in [-0.4, -0.2) is 47.3 Å². The van der Waals surface area contributed by atoms with E-state index in [4.69, 9.17) is 16.1 Å². The molecule has 3 heterocycles. The van der Waals surface area contributed by atoms with Crippen molar-refractivity contribution in [1.82, 2.24) is 25.8 Å². The minimum Gasteiger partial charge on any atom is -0.356 e. The molecule has 1 fully saturated rings. The number of aliphatic imine (C=N–C) groups is 1. The summed E-state index contributed by atoms with van der Waals surface area (Å²) in [6.07, 6.45) is 3.94. The fourth-order valence-corrected chi connectivity index (χ4v) is 3.62. The summed E-state index contributed by atoms with van der Waals surface area (Å²) in [7, 11) is 1.76. The number of benzene rings is 1. The van der Waals surface area contributed by atoms with Gasteiger partial charge in [0.1, 0.15) is 5.82 Å². The first-order valence-electron chi connectivity index (χ1n) is 10.3. The van der Waals surface area contributed by atoms with E-state index in [0.717, 1.165) is 43.3 Å². The average Bonchev–Trinajstić information content (AvgIpc) is 3.27. The number of nitrogens with zero attached hydrogens (tertiary/aromatic N) is 5. The highest BCUT2D eigenvalue weighted by Gasteiger charge is 2.21. The molecule has 3 aromatic rings. The van der Waals surface area contributed by atoms with Crippen molar-refractivity contribution in [2.75, 3.05) is 25.0 Å². The number of hydrogen-bond donors (Lipinski definition) is 2. The van der Waals surface area contributed by atoms with Gasteiger partial charge in [0.05, 0.1) is 6.54 Å². The molecule has 1 saturated heterocycles. The van der Waals surface area contributed by atoms with Crippen LogP contribution in [0, 0.1) is 6.92 Å². The third-order valence-corrected chi connectivity index (χ3v) is 5.51. The number of halogens is 2. The van der Waals surface area contributed by atoms with E-state index >= 15 is 0 Å². The van der Waals surface area contributed by atoms with Crippen LogP contribution in [0.1, 0.15) is 24.3 Å². The summed E-state index contributed by atoms with van der Waals surface area (Å²) in [5, 5.41) is 11.4. The SMILES string of the molecule is CN=C(NCc1nc(-c2ccc(Cl)cc2)no1)NC1CCN(c2ccc(C)cn2)CC1.I. The van der Waals surface area contributed by atoms with Crippen LogP contribution in [0.4, 0.5) is 5.82 Å². The Morgan fingerprint density at radius 1 is 1.19 bits per heavy atom. The molecule has 170 valence electrons. The van der Waals surface area contributed by atoms with Crippen molar-refractivity contribution < 1.29 is 4.52 Å². The molecule has 0 radical (unpaired) electrons. The van der Waals surface area contributed by atoms with Gasteiger partial charge < -0.3 is 20.1 Å². The van der Waals surface area contributed by atoms with E-state index in [1.54, 1.807) is 19.2 Å². The third kappa shape index (κ3) is 6.32. The molecule has 1 aliphatic heterocycles. The van der Waals surface area contributed by atoms with Crippen LogP contribution in [0.2, 0.25) is 5.02 Å². The monoisotopic (exact) mass is 567 g/mol. The molecule has 2 aromatic heterocycles. The van der Waals surface area contributed by atoms with E-state index in [2.05, 4.69) is 54.7 Å². The van der Waals surface area contributed by atoms with E-state index in [9.17, 15) is 0 Å². The van der Waals surface area contributed by atoms with Crippen molar-refractivity contribution >= 4 is 47.4 Å². The Hall–Kier alpha value is -2.40. The highest BCUT2D eigenvalue weighted by atomic mass is 127. The molecule has 4 rings (SSSR count). The molecule has 0 saturated carbocycles. The summed E-state index contributed by atoms with van der Waals surface area (Å²) < 4.78 is 5.35. The quantitative estimate of drug-likeness (QED) is 0.273. The molecule has 2 N–H and O–H groups in total. The normalized spacial score (nSPS) is 14.7. The lowest BCUT2D eigenvalue weighted by molar-refractivity contribution is 0.374. The highest BCUT2D eigenvalue weighted by Crippen LogP contribution is 2.19. The van der Waals surface area contributed by atoms with Crippen LogP contribution in [0.15, 0.2) is 52.1 Å². The molecule has 32 heavy (non-hydrogen) atoms. The fourth-order valence-electron chi connectivity index (χ4n) is 3.49. The summed E-state index contributed by atoms with van der Waals surface area (Å²) in [6, 6.07) is 11.9. The minimum atomic E-state index is 0. The Balaban J connectivity index is 0.00000289. The molecule has 0 spiro atoms. The molecular weight excluding hydrogens is 541 g/mol. The molecule has 0 amide bonds. The van der Waals surface area contributed by atoms with E-state index in [-0.39, 0.29) is 24.0 Å². The van der Waals surface area contributed by atoms with Gasteiger partial charge in [-0.05, 0) is 55.7 Å². The predicted molar refractivity (Wildman–Crippen MR) is 138 cm³/mol. The maximum atomic E-state index is 5.93. The van der Waals surface area contributed by atoms with Crippen LogP contribution < -0.4 is 15.5 Å². The molecule has 0 atom stereocenters. The summed E-state index contributed by atoms with van der Waals surface area (Å²) in [5.41, 5.74) is 2.04. The van der Waals surface area contributed by atoms with Crippen molar-refractivity contribution in [3.8, 4) is 11.4 Å². The number of nitrogens with one attached hydrogen (secondary N) is 2. The van der Waals surface area contributed by atoms with Gasteiger partial charge in [-0.2, -0.15) is 4.98 Å². The van der Waals surface area contributed by atoms with Crippen molar-refractivity contribution in [3.05, 3.63) is 59.1 Å². The van der Waals surface area contributed by atoms with Crippen molar-refractivity contribution in [2.24, 2.45) is 4.99 Å². The Bertz CT molecular complexity index is 1020. The topological polar surface area (TPSA) is 91.5 Å². The third-order valence-electron chi connectivity index (χ3n) is 5.26. The molecular formula is C22H27ClIN7O. The Kier molecular flexibility index (Phi) is 8.68. The van der Waals surface area contributed by atoms with Gasteiger partial charge in [0.25, 0.3) is 0 Å². The van der Waals surface area contributed by atoms with Crippen LogP contribution in [0.3, 0.4) is 0 Å². The Morgan fingerprint density at radius 2 is 1.94 bits per heavy atom. The van der Waals surface area contributed by atoms with Gasteiger partial charge in [0.15, 0.2) is 5.96 Å². The molecule has 0 aliphatic carbocycles. The lowest BCUT2D eigenvalue weighted by atomic mass is 10.1. The zero-order valence-electron chi connectivity index (χ0n) is 18.1. The maximum absolute atomic E-state index is 5.93. The summed E-state index contributed by atoms with van der Waals surface area (Å²) >= 11 is 5.93.